The fourth-order valence-electron chi connectivity index (χ4n) is 3.64. The number of nitrogens with zero attached hydrogens (tertiary/aromatic N) is 1. The maximum atomic E-state index is 14.7. The summed E-state index contributed by atoms with van der Waals surface area (Å²) in [7, 11) is 0. The van der Waals surface area contributed by atoms with E-state index in [-0.39, 0.29) is 42.3 Å². The lowest BCUT2D eigenvalue weighted by Gasteiger charge is -2.26. The zero-order valence-corrected chi connectivity index (χ0v) is 18.7. The minimum Gasteiger partial charge on any atom is -0.507 e. The first kappa shape index (κ1) is 23.5. The maximum absolute atomic E-state index is 14.7. The summed E-state index contributed by atoms with van der Waals surface area (Å²) in [5.74, 6) is -1.98. The SMILES string of the molecule is CC(C)OCCN1C(=O)C(=O)/C(=C(\O)c2ccc(OC(C)C)cc2)C1c1ccccc1F. The molecule has 0 radical (unpaired) electrons. The molecule has 6 nitrogen and oxygen atoms in total. The number of carbonyl (C=O) groups excluding carboxylic acids is 2. The monoisotopic (exact) mass is 441 g/mol. The standard InChI is InChI=1S/C25H28FNO5/c1-15(2)31-14-13-27-22(19-7-5-6-8-20(19)26)21(24(29)25(27)30)23(28)17-9-11-18(12-10-17)32-16(3)4/h5-12,15-16,22,28H,13-14H2,1-4H3/b23-21-. The molecule has 1 aliphatic rings. The number of amides is 1. The second kappa shape index (κ2) is 9.96. The molecule has 0 aromatic heterocycles. The zero-order valence-electron chi connectivity index (χ0n) is 18.7. The van der Waals surface area contributed by atoms with Crippen LogP contribution in [0, 0.1) is 5.82 Å². The van der Waals surface area contributed by atoms with Crippen LogP contribution in [0.2, 0.25) is 0 Å². The third-order valence-electron chi connectivity index (χ3n) is 5.02. The van der Waals surface area contributed by atoms with Crippen molar-refractivity contribution in [2.45, 2.75) is 45.9 Å². The number of rotatable bonds is 8. The molecule has 32 heavy (non-hydrogen) atoms. The van der Waals surface area contributed by atoms with Gasteiger partial charge in [0, 0.05) is 17.7 Å². The van der Waals surface area contributed by atoms with E-state index in [0.29, 0.717) is 11.3 Å². The minimum absolute atomic E-state index is 0.0196. The Morgan fingerprint density at radius 2 is 1.69 bits per heavy atom. The van der Waals surface area contributed by atoms with Crippen molar-refractivity contribution in [1.82, 2.24) is 4.90 Å². The van der Waals surface area contributed by atoms with Gasteiger partial charge in [-0.2, -0.15) is 0 Å². The molecule has 1 atom stereocenters. The van der Waals surface area contributed by atoms with Gasteiger partial charge in [-0.3, -0.25) is 9.59 Å². The van der Waals surface area contributed by atoms with Gasteiger partial charge in [0.15, 0.2) is 0 Å². The van der Waals surface area contributed by atoms with Gasteiger partial charge >= 0.3 is 0 Å². The second-order valence-electron chi connectivity index (χ2n) is 8.12. The number of benzene rings is 2. The molecule has 1 heterocycles. The highest BCUT2D eigenvalue weighted by atomic mass is 19.1. The first-order valence-electron chi connectivity index (χ1n) is 10.6. The van der Waals surface area contributed by atoms with Crippen molar-refractivity contribution in [1.29, 1.82) is 0 Å². The largest absolute Gasteiger partial charge is 0.507 e. The van der Waals surface area contributed by atoms with E-state index in [2.05, 4.69) is 0 Å². The Balaban J connectivity index is 2.05. The summed E-state index contributed by atoms with van der Waals surface area (Å²) in [6.45, 7) is 7.76. The van der Waals surface area contributed by atoms with Crippen molar-refractivity contribution in [3.05, 3.63) is 71.0 Å². The van der Waals surface area contributed by atoms with E-state index < -0.39 is 23.5 Å². The lowest BCUT2D eigenvalue weighted by Crippen LogP contribution is -2.33. The lowest BCUT2D eigenvalue weighted by molar-refractivity contribution is -0.140. The van der Waals surface area contributed by atoms with Gasteiger partial charge in [0.2, 0.25) is 0 Å². The number of aliphatic hydroxyl groups excluding tert-OH is 1. The molecule has 0 bridgehead atoms. The predicted molar refractivity (Wildman–Crippen MR) is 119 cm³/mol. The number of ether oxygens (including phenoxy) is 2. The van der Waals surface area contributed by atoms with Crippen molar-refractivity contribution in [3.63, 3.8) is 0 Å². The van der Waals surface area contributed by atoms with Crippen molar-refractivity contribution in [2.24, 2.45) is 0 Å². The van der Waals surface area contributed by atoms with Crippen LogP contribution in [0.25, 0.3) is 5.76 Å². The van der Waals surface area contributed by atoms with E-state index in [4.69, 9.17) is 9.47 Å². The van der Waals surface area contributed by atoms with Crippen LogP contribution in [0.1, 0.15) is 44.9 Å². The van der Waals surface area contributed by atoms with Gasteiger partial charge in [-0.15, -0.1) is 0 Å². The van der Waals surface area contributed by atoms with Crippen LogP contribution >= 0.6 is 0 Å². The van der Waals surface area contributed by atoms with Gasteiger partial charge in [0.1, 0.15) is 17.3 Å². The number of Topliss-reactive ketones (excluding diaryl/α,β-unsaturated/α-hetero) is 1. The highest BCUT2D eigenvalue weighted by Crippen LogP contribution is 2.40. The Hall–Kier alpha value is -3.19. The van der Waals surface area contributed by atoms with E-state index in [0.717, 1.165) is 0 Å². The predicted octanol–water partition coefficient (Wildman–Crippen LogP) is 4.46. The number of ketones is 1. The highest BCUT2D eigenvalue weighted by molar-refractivity contribution is 6.46. The molecule has 1 N–H and O–H groups in total. The Kier molecular flexibility index (Phi) is 7.30. The van der Waals surface area contributed by atoms with E-state index in [1.54, 1.807) is 30.3 Å². The third-order valence-corrected chi connectivity index (χ3v) is 5.02. The van der Waals surface area contributed by atoms with Crippen LogP contribution in [0.4, 0.5) is 4.39 Å². The zero-order chi connectivity index (χ0) is 23.4. The summed E-state index contributed by atoms with van der Waals surface area (Å²) in [6.07, 6.45) is -0.0841. The molecule has 0 spiro atoms. The third kappa shape index (κ3) is 4.99. The summed E-state index contributed by atoms with van der Waals surface area (Å²) in [6, 6.07) is 11.4. The Morgan fingerprint density at radius 3 is 2.28 bits per heavy atom. The van der Waals surface area contributed by atoms with E-state index in [1.165, 1.54) is 23.1 Å². The fraction of sp³-hybridized carbons (Fsp3) is 0.360. The summed E-state index contributed by atoms with van der Waals surface area (Å²) in [4.78, 5) is 27.0. The topological polar surface area (TPSA) is 76.1 Å². The Bertz CT molecular complexity index is 1010. The first-order chi connectivity index (χ1) is 15.2. The number of carbonyl (C=O) groups is 2. The average Bonchev–Trinajstić information content (AvgIpc) is 2.98. The van der Waals surface area contributed by atoms with E-state index in [1.807, 2.05) is 27.7 Å². The highest BCUT2D eigenvalue weighted by Gasteiger charge is 2.46. The molecule has 1 fully saturated rings. The van der Waals surface area contributed by atoms with Gasteiger partial charge in [-0.25, -0.2) is 4.39 Å². The smallest absolute Gasteiger partial charge is 0.295 e. The van der Waals surface area contributed by atoms with Crippen molar-refractivity contribution >= 4 is 17.4 Å². The average molecular weight is 441 g/mol. The lowest BCUT2D eigenvalue weighted by atomic mass is 9.95. The second-order valence-corrected chi connectivity index (χ2v) is 8.12. The van der Waals surface area contributed by atoms with Crippen LogP contribution in [-0.2, 0) is 14.3 Å². The number of likely N-dealkylation sites (tertiary alicyclic amines) is 1. The van der Waals surface area contributed by atoms with Gasteiger partial charge in [-0.05, 0) is 58.0 Å². The molecule has 1 saturated heterocycles. The number of hydrogen-bond donors (Lipinski definition) is 1. The molecule has 3 rings (SSSR count). The Labute approximate surface area is 187 Å². The normalized spacial score (nSPS) is 18.1. The molecule has 1 amide bonds. The number of aliphatic hydroxyl groups is 1. The van der Waals surface area contributed by atoms with Gasteiger partial charge < -0.3 is 19.5 Å². The quantitative estimate of drug-likeness (QED) is 0.372. The molecule has 170 valence electrons. The van der Waals surface area contributed by atoms with Crippen molar-refractivity contribution < 1.29 is 28.6 Å². The van der Waals surface area contributed by atoms with Gasteiger partial charge in [0.25, 0.3) is 11.7 Å². The van der Waals surface area contributed by atoms with Crippen molar-refractivity contribution in [3.8, 4) is 5.75 Å². The number of halogens is 1. The maximum Gasteiger partial charge on any atom is 0.295 e. The summed E-state index contributed by atoms with van der Waals surface area (Å²) < 4.78 is 25.9. The van der Waals surface area contributed by atoms with E-state index in [9.17, 15) is 19.1 Å². The van der Waals surface area contributed by atoms with Crippen LogP contribution in [0.15, 0.2) is 54.1 Å². The molecule has 0 saturated carbocycles. The summed E-state index contributed by atoms with van der Waals surface area (Å²) in [5, 5.41) is 11.0. The minimum atomic E-state index is -1.06. The Morgan fingerprint density at radius 1 is 1.03 bits per heavy atom. The molecule has 7 heteroatoms. The van der Waals surface area contributed by atoms with E-state index >= 15 is 0 Å². The van der Waals surface area contributed by atoms with Crippen LogP contribution in [-0.4, -0.2) is 47.1 Å². The first-order valence-corrected chi connectivity index (χ1v) is 10.6. The summed E-state index contributed by atoms with van der Waals surface area (Å²) >= 11 is 0. The van der Waals surface area contributed by atoms with Crippen LogP contribution < -0.4 is 4.74 Å². The van der Waals surface area contributed by atoms with Crippen LogP contribution in [0.3, 0.4) is 0 Å². The van der Waals surface area contributed by atoms with Gasteiger partial charge in [-0.1, -0.05) is 18.2 Å². The van der Waals surface area contributed by atoms with Crippen molar-refractivity contribution in [2.75, 3.05) is 13.2 Å². The molecule has 2 aromatic rings. The molecule has 2 aromatic carbocycles. The molecule has 1 unspecified atom stereocenters. The molecular formula is C25H28FNO5. The molecule has 0 aliphatic carbocycles. The molecular weight excluding hydrogens is 413 g/mol. The molecule has 1 aliphatic heterocycles. The number of hydrogen-bond acceptors (Lipinski definition) is 5. The van der Waals surface area contributed by atoms with Crippen LogP contribution in [0.5, 0.6) is 5.75 Å². The summed E-state index contributed by atoms with van der Waals surface area (Å²) in [5.41, 5.74) is 0.318. The fourth-order valence-corrected chi connectivity index (χ4v) is 3.64. The van der Waals surface area contributed by atoms with Gasteiger partial charge in [0.05, 0.1) is 30.4 Å².